The smallest absolute Gasteiger partial charge is 0.247 e. The van der Waals surface area contributed by atoms with E-state index in [0.29, 0.717) is 95.1 Å². The van der Waals surface area contributed by atoms with Gasteiger partial charge < -0.3 is 0 Å². The summed E-state index contributed by atoms with van der Waals surface area (Å²) in [7, 11) is 0. The van der Waals surface area contributed by atoms with Crippen molar-refractivity contribution in [2.75, 3.05) is 0 Å². The minimum absolute atomic E-state index is 0.0845. The van der Waals surface area contributed by atoms with Crippen molar-refractivity contribution in [2.45, 2.75) is 263 Å². The number of allylic oxidation sites excluding steroid dienone is 8. The van der Waals surface area contributed by atoms with Crippen LogP contribution in [0.5, 0.6) is 0 Å². The molecule has 0 N–H and O–H groups in total. The first-order chi connectivity index (χ1) is 56.2. The van der Waals surface area contributed by atoms with E-state index in [9.17, 15) is 86.3 Å². The van der Waals surface area contributed by atoms with Crippen molar-refractivity contribution in [3.05, 3.63) is 289 Å². The third kappa shape index (κ3) is 28.0. The molecule has 0 saturated carbocycles. The normalized spacial score (nSPS) is 10.3. The zero-order valence-corrected chi connectivity index (χ0v) is 69.5. The first kappa shape index (κ1) is 103. The molecule has 6 aromatic rings. The van der Waals surface area contributed by atoms with Gasteiger partial charge in [0.15, 0.2) is 0 Å². The van der Waals surface area contributed by atoms with Crippen LogP contribution in [0, 0.1) is 49.4 Å². The fraction of sp³-hybridized carbons (Fsp3) is 0.488. The monoisotopic (exact) mass is 1640 g/mol. The average molecular weight is 1640 g/mol. The molecular formula is C82H114N18O18. The Labute approximate surface area is 680 Å². The van der Waals surface area contributed by atoms with Crippen LogP contribution in [0.15, 0.2) is 187 Å². The third-order valence-electron chi connectivity index (χ3n) is 16.9. The third-order valence-corrected chi connectivity index (χ3v) is 16.9. The van der Waals surface area contributed by atoms with E-state index in [1.807, 2.05) is 41.5 Å². The Morgan fingerprint density at radius 2 is 0.398 bits per heavy atom. The van der Waals surface area contributed by atoms with Crippen LogP contribution in [0.1, 0.15) is 145 Å². The lowest BCUT2D eigenvalue weighted by Gasteiger charge is -2.13. The van der Waals surface area contributed by atoms with Gasteiger partial charge in [0, 0.05) is 65.4 Å². The lowest BCUT2D eigenvalue weighted by atomic mass is 10.3. The van der Waals surface area contributed by atoms with Gasteiger partial charge in [0.25, 0.3) is 0 Å². The van der Waals surface area contributed by atoms with Crippen LogP contribution >= 0.6 is 0 Å². The van der Waals surface area contributed by atoms with Crippen molar-refractivity contribution in [2.24, 2.45) is 0 Å². The van der Waals surface area contributed by atoms with Gasteiger partial charge in [0.2, 0.25) is 0 Å². The molecule has 0 aliphatic rings. The highest BCUT2D eigenvalue weighted by molar-refractivity contribution is 4.98. The van der Waals surface area contributed by atoms with Crippen molar-refractivity contribution >= 4 is 0 Å². The fourth-order valence-electron chi connectivity index (χ4n) is 10.9. The number of hydrogen-bond acceptors (Lipinski definition) is 18. The summed E-state index contributed by atoms with van der Waals surface area (Å²) < 4.78 is 18.3. The molecule has 0 aliphatic heterocycles. The summed E-state index contributed by atoms with van der Waals surface area (Å²) in [6.07, 6.45) is 39.3. The molecule has 0 amide bonds. The molecule has 6 rings (SSSR count). The van der Waals surface area contributed by atoms with E-state index >= 15 is 0 Å². The molecule has 0 bridgehead atoms. The second-order valence-electron chi connectivity index (χ2n) is 26.4. The van der Waals surface area contributed by atoms with Crippen molar-refractivity contribution in [3.63, 3.8) is 0 Å². The topological polar surface area (TPSA) is 396 Å². The zero-order valence-electron chi connectivity index (χ0n) is 69.5. The summed E-state index contributed by atoms with van der Waals surface area (Å²) in [6.45, 7) is 46.1. The summed E-state index contributed by atoms with van der Waals surface area (Å²) >= 11 is 0. The average Bonchev–Trinajstić information content (AvgIpc) is 0.811. The van der Waals surface area contributed by atoms with Crippen LogP contribution in [0.4, 0.5) is 0 Å². The van der Waals surface area contributed by atoms with Crippen LogP contribution in [0.2, 0.25) is 0 Å². The summed E-state index contributed by atoms with van der Waals surface area (Å²) in [5.41, 5.74) is -9.74. The maximum absolute atomic E-state index is 12.3. The van der Waals surface area contributed by atoms with Crippen LogP contribution in [-0.2, 0) is 118 Å². The highest BCUT2D eigenvalue weighted by atomic mass is 16.2. The predicted octanol–water partition coefficient (Wildman–Crippen LogP) is 1.41. The lowest BCUT2D eigenvalue weighted by Crippen LogP contribution is -2.54. The lowest BCUT2D eigenvalue weighted by molar-refractivity contribution is 0.440. The number of nitrogens with zero attached hydrogens (tertiary/aromatic N) is 18. The number of rotatable bonds is 40. The first-order valence-corrected chi connectivity index (χ1v) is 38.5. The molecule has 0 saturated heterocycles. The van der Waals surface area contributed by atoms with Gasteiger partial charge in [-0.2, -0.15) is 0 Å². The Morgan fingerprint density at radius 1 is 0.237 bits per heavy atom. The molecule has 0 aromatic carbocycles. The number of terminal acetylenes is 4. The Hall–Kier alpha value is -13.4. The molecular weight excluding hydrogens is 1530 g/mol. The maximum Gasteiger partial charge on any atom is 0.338 e. The Kier molecular flexibility index (Phi) is 46.7. The van der Waals surface area contributed by atoms with Gasteiger partial charge in [-0.05, 0) is 78.1 Å². The molecule has 6 heterocycles. The van der Waals surface area contributed by atoms with E-state index in [1.54, 1.807) is 38.2 Å². The van der Waals surface area contributed by atoms with Crippen molar-refractivity contribution < 1.29 is 0 Å². The predicted molar refractivity (Wildman–Crippen MR) is 460 cm³/mol. The minimum Gasteiger partial charge on any atom is -0.247 e. The van der Waals surface area contributed by atoms with E-state index in [4.69, 9.17) is 25.7 Å². The number of hydrogen-bond donors (Lipinski definition) is 0. The van der Waals surface area contributed by atoms with Gasteiger partial charge in [0.1, 0.15) is 0 Å². The van der Waals surface area contributed by atoms with E-state index in [0.717, 1.165) is 114 Å². The fourth-order valence-corrected chi connectivity index (χ4v) is 10.9. The van der Waals surface area contributed by atoms with E-state index in [2.05, 4.69) is 76.3 Å². The summed E-state index contributed by atoms with van der Waals surface area (Å²) in [4.78, 5) is 218. The van der Waals surface area contributed by atoms with Crippen LogP contribution < -0.4 is 102 Å². The van der Waals surface area contributed by atoms with Crippen LogP contribution in [0.25, 0.3) is 0 Å². The second-order valence-corrected chi connectivity index (χ2v) is 26.4. The van der Waals surface area contributed by atoms with Crippen molar-refractivity contribution in [1.29, 1.82) is 0 Å². The highest BCUT2D eigenvalue weighted by Gasteiger charge is 2.21. The second kappa shape index (κ2) is 53.6. The van der Waals surface area contributed by atoms with Crippen molar-refractivity contribution in [3.8, 4) is 49.4 Å². The van der Waals surface area contributed by atoms with Gasteiger partial charge in [-0.1, -0.05) is 152 Å². The molecule has 118 heavy (non-hydrogen) atoms. The van der Waals surface area contributed by atoms with Crippen LogP contribution in [0.3, 0.4) is 0 Å². The summed E-state index contributed by atoms with van der Waals surface area (Å²) in [5.74, 6) is 8.85. The number of aromatic nitrogens is 18. The van der Waals surface area contributed by atoms with E-state index in [-0.39, 0.29) is 91.6 Å². The molecule has 0 spiro atoms. The van der Waals surface area contributed by atoms with E-state index in [1.165, 1.54) is 12.2 Å². The standard InChI is InChI=1S/2C15H23N3O3.C14H21N3O3.C13H19N3O3.C13H15N3O3.C12H13N3O3/c1-6-7-8-16-13(19)17(9-11(2)3)15(21)18(14(16)20)10-12(4)5;1-4-7-10-16-13(19)17(11-8-5-2)15(21)18(14(16)20)12-9-6-3;1-4-7-10-16-12(18)15(9-6-3)13(19)17(14(16)20)11-8-5-2;2*1-4-7-10-16-12(18)14(8-5-2)11(17)15(9-6-3)13(16)19;1-4-7-13-10(16)14(8-5-2)12(18)15(9-6-3)11(13)17/h2,4,6-10H2,1,3,5H3;4-5H,1-2,6-12H2,3H3;4-5H,1-2,6-11H2,3H3;5-6H,2-4,7-10H2,1H3;2-3H,4,7-10H2,1H3;1-2H,6-9H2,3H3. The molecule has 6 aromatic heterocycles. The highest BCUT2D eigenvalue weighted by Crippen LogP contribution is 1.97. The summed E-state index contributed by atoms with van der Waals surface area (Å²) in [5, 5.41) is 0. The molecule has 0 atom stereocenters. The first-order valence-electron chi connectivity index (χ1n) is 38.5. The zero-order chi connectivity index (χ0) is 89.6. The van der Waals surface area contributed by atoms with Gasteiger partial charge in [-0.25, -0.2) is 169 Å². The number of unbranched alkanes of at least 4 members (excludes halogenated alkanes) is 4. The SMILES string of the molecule is C#CCn1c(=O)n(CC#C)c(=O)n(CCC)c1=O.C#CCn1c(=O)n(CC#C)c(=O)n(CCCC)c1=O.C=C(C)Cn1c(=O)n(CCCC)c(=O)n(CC(=C)C)c1=O.C=CCCn1c(=O)n(CCC)c(=O)n(CCC=C)c1=O.C=CCCn1c(=O)n(CCC=C)c(=O)n(CCCC)c1=O.C=CCn1c(=O)n(CC=C)c(=O)n(CCCC)c1=O. The molecule has 0 fully saturated rings. The molecule has 36 nitrogen and oxygen atoms in total. The molecule has 640 valence electrons. The Bertz CT molecular complexity index is 5620. The Balaban J connectivity index is 0.000000709. The van der Waals surface area contributed by atoms with Crippen LogP contribution in [-0.4, -0.2) is 82.2 Å². The van der Waals surface area contributed by atoms with Gasteiger partial charge in [-0.3, -0.25) is 0 Å². The van der Waals surface area contributed by atoms with Crippen molar-refractivity contribution in [1.82, 2.24) is 82.2 Å². The molecule has 36 heteroatoms. The van der Waals surface area contributed by atoms with Gasteiger partial charge >= 0.3 is 102 Å². The van der Waals surface area contributed by atoms with Gasteiger partial charge in [0.05, 0.1) is 52.4 Å². The largest absolute Gasteiger partial charge is 0.338 e. The molecule has 0 unspecified atom stereocenters. The molecule has 0 aliphatic carbocycles. The van der Waals surface area contributed by atoms with Gasteiger partial charge in [-0.15, -0.1) is 65.2 Å². The van der Waals surface area contributed by atoms with E-state index < -0.39 is 102 Å². The maximum atomic E-state index is 12.3. The Morgan fingerprint density at radius 3 is 0.576 bits per heavy atom. The molecule has 0 radical (unpaired) electrons. The minimum atomic E-state index is -0.770. The quantitative estimate of drug-likeness (QED) is 0.0388. The summed E-state index contributed by atoms with van der Waals surface area (Å²) in [6, 6.07) is 0.